The quantitative estimate of drug-likeness (QED) is 0.208. The van der Waals surface area contributed by atoms with Gasteiger partial charge in [-0.15, -0.1) is 0 Å². The number of aromatic nitrogens is 1. The Morgan fingerprint density at radius 3 is 1.95 bits per heavy atom. The van der Waals surface area contributed by atoms with E-state index in [1.165, 1.54) is 11.1 Å². The van der Waals surface area contributed by atoms with Crippen LogP contribution in [0.15, 0.2) is 126 Å². The summed E-state index contributed by atoms with van der Waals surface area (Å²) in [6.45, 7) is 4.25. The van der Waals surface area contributed by atoms with E-state index in [2.05, 4.69) is 129 Å². The van der Waals surface area contributed by atoms with Crippen molar-refractivity contribution in [2.45, 2.75) is 13.8 Å². The lowest BCUT2D eigenvalue weighted by molar-refractivity contribution is -0.660. The highest BCUT2D eigenvalue weighted by molar-refractivity contribution is 6.14. The molecule has 0 fully saturated rings. The van der Waals surface area contributed by atoms with E-state index >= 15 is 0 Å². The van der Waals surface area contributed by atoms with Crippen LogP contribution in [0.5, 0.6) is 0 Å². The Balaban J connectivity index is 1.50. The van der Waals surface area contributed by atoms with E-state index in [0.29, 0.717) is 5.56 Å². The molecule has 0 aliphatic carbocycles. The second kappa shape index (κ2) is 10.2. The van der Waals surface area contributed by atoms with Crippen molar-refractivity contribution < 1.29 is 8.98 Å². The molecular formula is C39H29N2O+. The Kier molecular flexibility index (Phi) is 6.18. The molecule has 0 unspecified atom stereocenters. The molecule has 0 aliphatic heterocycles. The lowest BCUT2D eigenvalue weighted by Gasteiger charge is -2.11. The Hall–Kier alpha value is -5.46. The summed E-state index contributed by atoms with van der Waals surface area (Å²) in [4.78, 5) is 0. The first-order chi connectivity index (χ1) is 20.5. The molecule has 0 bridgehead atoms. The monoisotopic (exact) mass is 541 g/mol. The summed E-state index contributed by atoms with van der Waals surface area (Å²) in [7, 11) is 2.07. The van der Waals surface area contributed by atoms with Crippen molar-refractivity contribution in [3.05, 3.63) is 138 Å². The third kappa shape index (κ3) is 4.17. The summed E-state index contributed by atoms with van der Waals surface area (Å²) in [5.41, 5.74) is 13.0. The summed E-state index contributed by atoms with van der Waals surface area (Å²) < 4.78 is 9.01. The van der Waals surface area contributed by atoms with E-state index in [-0.39, 0.29) is 0 Å². The minimum Gasteiger partial charge on any atom is -0.454 e. The van der Waals surface area contributed by atoms with Gasteiger partial charge >= 0.3 is 0 Å². The second-order valence-electron chi connectivity index (χ2n) is 10.9. The molecular weight excluding hydrogens is 512 g/mol. The first-order valence-corrected chi connectivity index (χ1v) is 14.1. The van der Waals surface area contributed by atoms with Gasteiger partial charge in [0.2, 0.25) is 5.69 Å². The van der Waals surface area contributed by atoms with E-state index < -0.39 is 0 Å². The average Bonchev–Trinajstić information content (AvgIpc) is 3.41. The molecule has 0 radical (unpaired) electrons. The fraction of sp³-hybridized carbons (Fsp3) is 0.0769. The highest BCUT2D eigenvalue weighted by Gasteiger charge is 2.24. The van der Waals surface area contributed by atoms with Crippen molar-refractivity contribution >= 4 is 21.9 Å². The van der Waals surface area contributed by atoms with Gasteiger partial charge in [0.05, 0.1) is 17.2 Å². The van der Waals surface area contributed by atoms with Gasteiger partial charge in [-0.25, -0.2) is 4.57 Å². The maximum absolute atomic E-state index is 10.2. The molecule has 2 heterocycles. The molecule has 7 aromatic rings. The number of pyridine rings is 1. The highest BCUT2D eigenvalue weighted by atomic mass is 16.3. The van der Waals surface area contributed by atoms with Gasteiger partial charge in [-0.2, -0.15) is 5.26 Å². The summed E-state index contributed by atoms with van der Waals surface area (Å²) in [6, 6.07) is 42.3. The number of hydrogen-bond donors (Lipinski definition) is 0. The molecule has 3 nitrogen and oxygen atoms in total. The molecule has 200 valence electrons. The number of nitrogens with zero attached hydrogens (tertiary/aromatic N) is 2. The van der Waals surface area contributed by atoms with E-state index in [1.54, 1.807) is 0 Å². The lowest BCUT2D eigenvalue weighted by atomic mass is 9.92. The van der Waals surface area contributed by atoms with Crippen LogP contribution in [0, 0.1) is 25.2 Å². The van der Waals surface area contributed by atoms with E-state index in [9.17, 15) is 5.26 Å². The lowest BCUT2D eigenvalue weighted by Crippen LogP contribution is -2.30. The second-order valence-corrected chi connectivity index (χ2v) is 10.9. The van der Waals surface area contributed by atoms with Gasteiger partial charge in [0.15, 0.2) is 6.20 Å². The fourth-order valence-electron chi connectivity index (χ4n) is 6.03. The number of benzene rings is 5. The number of rotatable bonds is 4. The van der Waals surface area contributed by atoms with Crippen LogP contribution in [0.1, 0.15) is 16.7 Å². The average molecular weight is 542 g/mol. The highest BCUT2D eigenvalue weighted by Crippen LogP contribution is 2.43. The zero-order valence-corrected chi connectivity index (χ0v) is 23.8. The largest absolute Gasteiger partial charge is 0.454 e. The Labute approximate surface area is 245 Å². The van der Waals surface area contributed by atoms with Crippen molar-refractivity contribution in [3.63, 3.8) is 0 Å². The van der Waals surface area contributed by atoms with Gasteiger partial charge in [-0.1, -0.05) is 84.9 Å². The van der Waals surface area contributed by atoms with Gasteiger partial charge in [0.1, 0.15) is 18.2 Å². The van der Waals surface area contributed by atoms with Crippen molar-refractivity contribution in [3.8, 4) is 50.7 Å². The van der Waals surface area contributed by atoms with Crippen molar-refractivity contribution in [2.24, 2.45) is 7.05 Å². The van der Waals surface area contributed by atoms with Gasteiger partial charge in [-0.3, -0.25) is 0 Å². The minimum atomic E-state index is 0.597. The molecule has 3 heteroatoms. The van der Waals surface area contributed by atoms with Crippen LogP contribution in [0.2, 0.25) is 0 Å². The molecule has 0 saturated carbocycles. The van der Waals surface area contributed by atoms with E-state index in [1.807, 2.05) is 24.3 Å². The first kappa shape index (κ1) is 25.5. The molecule has 0 N–H and O–H groups in total. The summed E-state index contributed by atoms with van der Waals surface area (Å²) in [5.74, 6) is 0. The van der Waals surface area contributed by atoms with E-state index in [0.717, 1.165) is 66.6 Å². The molecule has 0 atom stereocenters. The number of furan rings is 1. The van der Waals surface area contributed by atoms with Crippen LogP contribution in [0.4, 0.5) is 0 Å². The van der Waals surface area contributed by atoms with Crippen LogP contribution < -0.4 is 4.57 Å². The number of aryl methyl sites for hydroxylation is 3. The standard InChI is InChI=1S/C39H29N2O/c1-25-14-16-30(22-34(25)28-12-8-5-9-13-28)37-31(24-40)17-19-33-32-18-15-26(2)36(38(32)42-39(33)37)35-23-29(20-21-41(35)3)27-10-6-4-7-11-27/h4-23H,1-3H3/q+1. The Bertz CT molecular complexity index is 2170. The minimum absolute atomic E-state index is 0.597. The van der Waals surface area contributed by atoms with Gasteiger partial charge < -0.3 is 4.42 Å². The summed E-state index contributed by atoms with van der Waals surface area (Å²) in [6.07, 6.45) is 2.11. The molecule has 0 aliphatic rings. The van der Waals surface area contributed by atoms with Crippen LogP contribution in [-0.4, -0.2) is 0 Å². The van der Waals surface area contributed by atoms with Crippen LogP contribution in [0.25, 0.3) is 66.6 Å². The molecule has 2 aromatic heterocycles. The normalized spacial score (nSPS) is 11.2. The molecule has 5 aromatic carbocycles. The third-order valence-corrected chi connectivity index (χ3v) is 8.26. The molecule has 0 saturated heterocycles. The first-order valence-electron chi connectivity index (χ1n) is 14.1. The zero-order valence-electron chi connectivity index (χ0n) is 23.8. The maximum Gasteiger partial charge on any atom is 0.216 e. The maximum atomic E-state index is 10.2. The van der Waals surface area contributed by atoms with Crippen LogP contribution in [-0.2, 0) is 7.05 Å². The van der Waals surface area contributed by atoms with Gasteiger partial charge in [-0.05, 0) is 71.0 Å². The fourth-order valence-corrected chi connectivity index (χ4v) is 6.03. The van der Waals surface area contributed by atoms with Crippen LogP contribution >= 0.6 is 0 Å². The Morgan fingerprint density at radius 2 is 1.24 bits per heavy atom. The topological polar surface area (TPSA) is 40.8 Å². The van der Waals surface area contributed by atoms with E-state index in [4.69, 9.17) is 4.42 Å². The summed E-state index contributed by atoms with van der Waals surface area (Å²) >= 11 is 0. The molecule has 0 spiro atoms. The van der Waals surface area contributed by atoms with Gasteiger partial charge in [0.25, 0.3) is 0 Å². The number of hydrogen-bond acceptors (Lipinski definition) is 2. The van der Waals surface area contributed by atoms with Crippen molar-refractivity contribution in [1.82, 2.24) is 0 Å². The molecule has 7 rings (SSSR count). The molecule has 42 heavy (non-hydrogen) atoms. The SMILES string of the molecule is Cc1ccc(-c2c(C#N)ccc3c2oc2c(-c4cc(-c5ccccc5)cc[n+]4C)c(C)ccc23)cc1-c1ccccc1. The summed E-state index contributed by atoms with van der Waals surface area (Å²) in [5, 5.41) is 12.3. The Morgan fingerprint density at radius 1 is 0.595 bits per heavy atom. The zero-order chi connectivity index (χ0) is 28.8. The predicted octanol–water partition coefficient (Wildman–Crippen LogP) is 9.57. The van der Waals surface area contributed by atoms with Gasteiger partial charge in [0, 0.05) is 28.5 Å². The van der Waals surface area contributed by atoms with Crippen molar-refractivity contribution in [2.75, 3.05) is 0 Å². The van der Waals surface area contributed by atoms with Crippen molar-refractivity contribution in [1.29, 1.82) is 5.26 Å². The predicted molar refractivity (Wildman–Crippen MR) is 171 cm³/mol. The van der Waals surface area contributed by atoms with Crippen LogP contribution in [0.3, 0.4) is 0 Å². The smallest absolute Gasteiger partial charge is 0.216 e. The molecule has 0 amide bonds. The third-order valence-electron chi connectivity index (χ3n) is 8.26. The number of nitriles is 1. The number of fused-ring (bicyclic) bond motifs is 3.